The number of anilines is 2. The summed E-state index contributed by atoms with van der Waals surface area (Å²) >= 11 is 18.4. The van der Waals surface area contributed by atoms with Crippen LogP contribution in [-0.2, 0) is 10.0 Å². The van der Waals surface area contributed by atoms with E-state index in [1.165, 1.54) is 18.2 Å². The van der Waals surface area contributed by atoms with Crippen LogP contribution in [0.3, 0.4) is 0 Å². The van der Waals surface area contributed by atoms with Crippen molar-refractivity contribution in [2.75, 3.05) is 10.5 Å². The third-order valence-electron chi connectivity index (χ3n) is 2.49. The molecule has 0 unspecified atom stereocenters. The van der Waals surface area contributed by atoms with Gasteiger partial charge in [-0.25, -0.2) is 8.42 Å². The first-order valence-electron chi connectivity index (χ1n) is 5.43. The summed E-state index contributed by atoms with van der Waals surface area (Å²) in [6.07, 6.45) is 0. The van der Waals surface area contributed by atoms with Crippen molar-refractivity contribution in [2.24, 2.45) is 0 Å². The zero-order chi connectivity index (χ0) is 15.8. The monoisotopic (exact) mass is 472 g/mol. The van der Waals surface area contributed by atoms with E-state index in [4.69, 9.17) is 28.9 Å². The van der Waals surface area contributed by atoms with Gasteiger partial charge in [0, 0.05) is 8.95 Å². The molecule has 0 radical (unpaired) electrons. The average molecular weight is 475 g/mol. The fourth-order valence-electron chi connectivity index (χ4n) is 1.61. The number of nitrogen functional groups attached to an aromatic ring is 1. The maximum atomic E-state index is 12.4. The van der Waals surface area contributed by atoms with Crippen LogP contribution in [0.1, 0.15) is 0 Å². The number of halogens is 4. The maximum absolute atomic E-state index is 12.4. The smallest absolute Gasteiger partial charge is 0.264 e. The highest BCUT2D eigenvalue weighted by Crippen LogP contribution is 2.35. The highest BCUT2D eigenvalue weighted by atomic mass is 79.9. The minimum absolute atomic E-state index is 0.0116. The van der Waals surface area contributed by atoms with E-state index in [-0.39, 0.29) is 26.3 Å². The summed E-state index contributed by atoms with van der Waals surface area (Å²) in [5, 5.41) is 0.0233. The molecule has 0 amide bonds. The van der Waals surface area contributed by atoms with E-state index in [2.05, 4.69) is 36.6 Å². The van der Waals surface area contributed by atoms with Crippen molar-refractivity contribution in [3.05, 3.63) is 49.3 Å². The minimum Gasteiger partial charge on any atom is -0.397 e. The summed E-state index contributed by atoms with van der Waals surface area (Å²) in [5.74, 6) is 0. The molecule has 0 aromatic heterocycles. The van der Waals surface area contributed by atoms with Gasteiger partial charge < -0.3 is 5.73 Å². The Morgan fingerprint density at radius 2 is 1.57 bits per heavy atom. The molecule has 112 valence electrons. The average Bonchev–Trinajstić information content (AvgIpc) is 2.30. The molecule has 0 aliphatic heterocycles. The number of nitrogens with two attached hydrogens (primary N) is 1. The summed E-state index contributed by atoms with van der Waals surface area (Å²) in [7, 11) is -3.96. The van der Waals surface area contributed by atoms with Crippen molar-refractivity contribution in [1.29, 1.82) is 0 Å². The maximum Gasteiger partial charge on any atom is 0.264 e. The molecular weight excluding hydrogens is 467 g/mol. The quantitative estimate of drug-likeness (QED) is 0.621. The summed E-state index contributed by atoms with van der Waals surface area (Å²) < 4.78 is 28.6. The first-order chi connectivity index (χ1) is 9.70. The Hall–Kier alpha value is -0.470. The number of nitrogens with one attached hydrogen (secondary N) is 1. The van der Waals surface area contributed by atoms with Gasteiger partial charge in [0.1, 0.15) is 4.90 Å². The molecule has 3 N–H and O–H groups in total. The largest absolute Gasteiger partial charge is 0.397 e. The minimum atomic E-state index is -3.96. The predicted molar refractivity (Wildman–Crippen MR) is 93.5 cm³/mol. The molecule has 0 saturated carbocycles. The van der Waals surface area contributed by atoms with Crippen LogP contribution in [0.25, 0.3) is 0 Å². The molecule has 0 bridgehead atoms. The standard InChI is InChI=1S/C12H8Br2Cl2N2O2S/c13-6-1-2-11(10(17)5-6)18-21(19,20)12-8(15)3-7(14)4-9(12)16/h1-5,18H,17H2. The zero-order valence-corrected chi connectivity index (χ0v) is 15.7. The van der Waals surface area contributed by atoms with Crippen LogP contribution in [0.5, 0.6) is 0 Å². The van der Waals surface area contributed by atoms with Gasteiger partial charge in [-0.1, -0.05) is 55.1 Å². The molecule has 0 fully saturated rings. The molecule has 0 aliphatic carbocycles. The third-order valence-corrected chi connectivity index (χ3v) is 5.73. The van der Waals surface area contributed by atoms with Crippen LogP contribution in [0, 0.1) is 0 Å². The van der Waals surface area contributed by atoms with Gasteiger partial charge in [0.2, 0.25) is 0 Å². The van der Waals surface area contributed by atoms with E-state index >= 15 is 0 Å². The summed E-state index contributed by atoms with van der Waals surface area (Å²) in [6, 6.07) is 7.69. The van der Waals surface area contributed by atoms with Crippen LogP contribution in [-0.4, -0.2) is 8.42 Å². The first-order valence-corrected chi connectivity index (χ1v) is 9.25. The molecule has 2 rings (SSSR count). The van der Waals surface area contributed by atoms with Crippen LogP contribution < -0.4 is 10.5 Å². The normalized spacial score (nSPS) is 11.4. The Balaban J connectivity index is 2.48. The summed E-state index contributed by atoms with van der Waals surface area (Å²) in [6.45, 7) is 0. The van der Waals surface area contributed by atoms with E-state index in [9.17, 15) is 8.42 Å². The van der Waals surface area contributed by atoms with Crippen molar-refractivity contribution in [1.82, 2.24) is 0 Å². The van der Waals surface area contributed by atoms with E-state index in [0.29, 0.717) is 4.47 Å². The van der Waals surface area contributed by atoms with E-state index in [0.717, 1.165) is 4.47 Å². The lowest BCUT2D eigenvalue weighted by Gasteiger charge is -2.13. The Labute approximate surface area is 148 Å². The fourth-order valence-corrected chi connectivity index (χ4v) is 5.01. The Morgan fingerprint density at radius 3 is 2.10 bits per heavy atom. The van der Waals surface area contributed by atoms with Crippen molar-refractivity contribution in [3.63, 3.8) is 0 Å². The van der Waals surface area contributed by atoms with Gasteiger partial charge in [0.15, 0.2) is 0 Å². The van der Waals surface area contributed by atoms with Gasteiger partial charge in [-0.05, 0) is 30.3 Å². The second-order valence-electron chi connectivity index (χ2n) is 4.04. The van der Waals surface area contributed by atoms with E-state index < -0.39 is 10.0 Å². The highest BCUT2D eigenvalue weighted by Gasteiger charge is 2.23. The first kappa shape index (κ1) is 16.9. The number of hydrogen-bond donors (Lipinski definition) is 2. The van der Waals surface area contributed by atoms with E-state index in [1.54, 1.807) is 12.1 Å². The number of rotatable bonds is 3. The zero-order valence-electron chi connectivity index (χ0n) is 10.2. The number of benzene rings is 2. The molecule has 21 heavy (non-hydrogen) atoms. The lowest BCUT2D eigenvalue weighted by Crippen LogP contribution is -2.15. The van der Waals surface area contributed by atoms with Gasteiger partial charge in [0.05, 0.1) is 21.4 Å². The molecule has 2 aromatic carbocycles. The molecule has 4 nitrogen and oxygen atoms in total. The van der Waals surface area contributed by atoms with E-state index in [1.807, 2.05) is 0 Å². The van der Waals surface area contributed by atoms with Crippen LogP contribution in [0.15, 0.2) is 44.2 Å². The third kappa shape index (κ3) is 3.84. The molecule has 9 heteroatoms. The Kier molecular flexibility index (Phi) is 5.10. The molecule has 0 heterocycles. The molecule has 0 saturated heterocycles. The van der Waals surface area contributed by atoms with Gasteiger partial charge in [0.25, 0.3) is 10.0 Å². The van der Waals surface area contributed by atoms with Gasteiger partial charge in [-0.15, -0.1) is 0 Å². The fraction of sp³-hybridized carbons (Fsp3) is 0. The second-order valence-corrected chi connectivity index (χ2v) is 8.30. The van der Waals surface area contributed by atoms with Gasteiger partial charge >= 0.3 is 0 Å². The SMILES string of the molecule is Nc1cc(Br)ccc1NS(=O)(=O)c1c(Cl)cc(Br)cc1Cl. The Morgan fingerprint density at radius 1 is 1.00 bits per heavy atom. The van der Waals surface area contributed by atoms with Crippen molar-refractivity contribution >= 4 is 76.5 Å². The lowest BCUT2D eigenvalue weighted by molar-refractivity contribution is 0.601. The van der Waals surface area contributed by atoms with Crippen LogP contribution in [0.4, 0.5) is 11.4 Å². The highest BCUT2D eigenvalue weighted by molar-refractivity contribution is 9.10. The summed E-state index contributed by atoms with van der Waals surface area (Å²) in [4.78, 5) is -0.198. The van der Waals surface area contributed by atoms with Crippen molar-refractivity contribution < 1.29 is 8.42 Å². The van der Waals surface area contributed by atoms with Gasteiger partial charge in [-0.2, -0.15) is 0 Å². The van der Waals surface area contributed by atoms with Crippen molar-refractivity contribution in [2.45, 2.75) is 4.90 Å². The lowest BCUT2D eigenvalue weighted by atomic mass is 10.3. The summed E-state index contributed by atoms with van der Waals surface area (Å²) in [5.41, 5.74) is 6.30. The predicted octanol–water partition coefficient (Wildman–Crippen LogP) is 4.90. The van der Waals surface area contributed by atoms with Crippen molar-refractivity contribution in [3.8, 4) is 0 Å². The number of sulfonamides is 1. The topological polar surface area (TPSA) is 72.2 Å². The van der Waals surface area contributed by atoms with Crippen LogP contribution >= 0.6 is 55.1 Å². The molecule has 2 aromatic rings. The molecule has 0 aliphatic rings. The Bertz CT molecular complexity index is 790. The molecule has 0 spiro atoms. The van der Waals surface area contributed by atoms with Crippen LogP contribution in [0.2, 0.25) is 10.0 Å². The molecular formula is C12H8Br2Cl2N2O2S. The number of hydrogen-bond acceptors (Lipinski definition) is 3. The molecule has 0 atom stereocenters. The second kappa shape index (κ2) is 6.34. The van der Waals surface area contributed by atoms with Gasteiger partial charge in [-0.3, -0.25) is 4.72 Å².